The number of carbonyl (C=O) groups is 1. The minimum absolute atomic E-state index is 0.315. The minimum Gasteiger partial charge on any atom is -0.316 e. The van der Waals surface area contributed by atoms with Crippen LogP contribution in [0, 0.1) is 5.92 Å². The first-order valence-corrected chi connectivity index (χ1v) is 7.14. The number of nitrogens with one attached hydrogen (secondary N) is 1. The van der Waals surface area contributed by atoms with Crippen LogP contribution in [0.15, 0.2) is 12.4 Å². The Morgan fingerprint density at radius 3 is 2.85 bits per heavy atom. The second kappa shape index (κ2) is 6.10. The molecule has 8 heteroatoms. The van der Waals surface area contributed by atoms with E-state index >= 15 is 0 Å². The van der Waals surface area contributed by atoms with E-state index in [1.807, 2.05) is 0 Å². The predicted molar refractivity (Wildman–Crippen MR) is 77.2 cm³/mol. The molecule has 0 fully saturated rings. The van der Waals surface area contributed by atoms with Gasteiger partial charge in [0, 0.05) is 25.2 Å². The van der Waals surface area contributed by atoms with Crippen LogP contribution >= 0.6 is 11.3 Å². The number of aromatic nitrogens is 4. The lowest BCUT2D eigenvalue weighted by molar-refractivity contribution is -0.117. The molecule has 108 valence electrons. The summed E-state index contributed by atoms with van der Waals surface area (Å²) in [6.07, 6.45) is 4.14. The maximum Gasteiger partial charge on any atom is 0.247 e. The first kappa shape index (κ1) is 14.6. The molecule has 0 bridgehead atoms. The van der Waals surface area contributed by atoms with Crippen LogP contribution in [0.2, 0.25) is 0 Å². The number of hydrogen-bond acceptors (Lipinski definition) is 6. The zero-order valence-corrected chi connectivity index (χ0v) is 12.5. The number of carbonyl (C=O) groups excluding carboxylic acids is 1. The minimum atomic E-state index is -0.763. The van der Waals surface area contributed by atoms with E-state index in [1.165, 1.54) is 11.3 Å². The lowest BCUT2D eigenvalue weighted by atomic mass is 10.1. The Hall–Kier alpha value is -1.80. The van der Waals surface area contributed by atoms with Crippen molar-refractivity contribution in [2.45, 2.75) is 26.3 Å². The molecule has 20 heavy (non-hydrogen) atoms. The molecule has 0 radical (unpaired) electrons. The van der Waals surface area contributed by atoms with Gasteiger partial charge in [0.25, 0.3) is 0 Å². The summed E-state index contributed by atoms with van der Waals surface area (Å²) in [5, 5.41) is 16.1. The summed E-state index contributed by atoms with van der Waals surface area (Å²) in [6.45, 7) is 4.22. The molecule has 1 atom stereocenters. The Bertz CT molecular complexity index is 590. The molecular formula is C12H18N6OS. The van der Waals surface area contributed by atoms with Crippen LogP contribution < -0.4 is 11.1 Å². The van der Waals surface area contributed by atoms with Gasteiger partial charge >= 0.3 is 0 Å². The number of rotatable bonds is 5. The van der Waals surface area contributed by atoms with E-state index in [2.05, 4.69) is 34.5 Å². The molecule has 3 N–H and O–H groups in total. The number of aryl methyl sites for hydroxylation is 1. The highest BCUT2D eigenvalue weighted by molar-refractivity contribution is 7.15. The molecule has 2 rings (SSSR count). The van der Waals surface area contributed by atoms with Crippen molar-refractivity contribution in [3.8, 4) is 0 Å². The second-order valence-electron chi connectivity index (χ2n) is 5.01. The highest BCUT2D eigenvalue weighted by atomic mass is 32.1. The quantitative estimate of drug-likeness (QED) is 0.860. The normalized spacial score (nSPS) is 12.7. The van der Waals surface area contributed by atoms with E-state index < -0.39 is 6.04 Å². The molecule has 0 aliphatic carbocycles. The molecule has 7 nitrogen and oxygen atoms in total. The van der Waals surface area contributed by atoms with E-state index in [-0.39, 0.29) is 5.91 Å². The van der Waals surface area contributed by atoms with Gasteiger partial charge in [-0.15, -0.1) is 10.2 Å². The molecule has 0 spiro atoms. The average Bonchev–Trinajstić information content (AvgIpc) is 2.97. The second-order valence-corrected chi connectivity index (χ2v) is 6.08. The van der Waals surface area contributed by atoms with Gasteiger partial charge in [-0.05, 0) is 5.92 Å². The van der Waals surface area contributed by atoms with Gasteiger partial charge in [-0.2, -0.15) is 5.10 Å². The average molecular weight is 294 g/mol. The lowest BCUT2D eigenvalue weighted by Crippen LogP contribution is -2.27. The van der Waals surface area contributed by atoms with Gasteiger partial charge in [-0.25, -0.2) is 0 Å². The predicted octanol–water partition coefficient (Wildman–Crippen LogP) is 1.11. The van der Waals surface area contributed by atoms with E-state index in [9.17, 15) is 4.79 Å². The van der Waals surface area contributed by atoms with Crippen LogP contribution in [0.5, 0.6) is 0 Å². The van der Waals surface area contributed by atoms with Gasteiger partial charge in [0.2, 0.25) is 11.0 Å². The van der Waals surface area contributed by atoms with E-state index in [4.69, 9.17) is 5.73 Å². The van der Waals surface area contributed by atoms with Crippen molar-refractivity contribution in [3.05, 3.63) is 23.0 Å². The summed E-state index contributed by atoms with van der Waals surface area (Å²) in [4.78, 5) is 12.0. The van der Waals surface area contributed by atoms with Crippen molar-refractivity contribution in [2.24, 2.45) is 18.7 Å². The topological polar surface area (TPSA) is 98.7 Å². The third-order valence-electron chi connectivity index (χ3n) is 2.65. The maximum atomic E-state index is 12.0. The first-order chi connectivity index (χ1) is 9.45. The summed E-state index contributed by atoms with van der Waals surface area (Å²) in [5.41, 5.74) is 6.54. The number of amides is 1. The molecule has 0 aromatic carbocycles. The molecule has 2 aromatic heterocycles. The van der Waals surface area contributed by atoms with E-state index in [0.29, 0.717) is 16.6 Å². The van der Waals surface area contributed by atoms with Crippen molar-refractivity contribution in [1.82, 2.24) is 20.0 Å². The molecule has 0 aliphatic rings. The first-order valence-electron chi connectivity index (χ1n) is 6.33. The van der Waals surface area contributed by atoms with Gasteiger partial charge < -0.3 is 5.73 Å². The fourth-order valence-electron chi connectivity index (χ4n) is 1.67. The van der Waals surface area contributed by atoms with Crippen LogP contribution in [-0.4, -0.2) is 25.9 Å². The fourth-order valence-corrected chi connectivity index (χ4v) is 2.63. The lowest BCUT2D eigenvalue weighted by Gasteiger charge is -2.07. The number of nitrogens with zero attached hydrogens (tertiary/aromatic N) is 4. The van der Waals surface area contributed by atoms with Gasteiger partial charge in [0.1, 0.15) is 11.0 Å². The van der Waals surface area contributed by atoms with Gasteiger partial charge in [0.15, 0.2) is 0 Å². The number of hydrogen-bond donors (Lipinski definition) is 2. The third kappa shape index (κ3) is 3.61. The van der Waals surface area contributed by atoms with Crippen molar-refractivity contribution in [3.63, 3.8) is 0 Å². The molecule has 1 amide bonds. The highest BCUT2D eigenvalue weighted by Gasteiger charge is 2.19. The fraction of sp³-hybridized carbons (Fsp3) is 0.500. The number of anilines is 1. The van der Waals surface area contributed by atoms with E-state index in [1.54, 1.807) is 24.1 Å². The summed E-state index contributed by atoms with van der Waals surface area (Å²) < 4.78 is 1.61. The molecule has 0 saturated heterocycles. The van der Waals surface area contributed by atoms with Crippen molar-refractivity contribution < 1.29 is 4.79 Å². The third-order valence-corrected chi connectivity index (χ3v) is 3.51. The standard InChI is InChI=1S/C12H18N6OS/c1-7(2)4-9-16-17-12(20-9)15-11(19)10(13)8-5-14-18(3)6-8/h5-7,10H,4,13H2,1-3H3,(H,15,17,19). The summed E-state index contributed by atoms with van der Waals surface area (Å²) >= 11 is 1.38. The van der Waals surface area contributed by atoms with Gasteiger partial charge in [0.05, 0.1) is 6.20 Å². The molecular weight excluding hydrogens is 276 g/mol. The van der Waals surface area contributed by atoms with Gasteiger partial charge in [-0.3, -0.25) is 14.8 Å². The Kier molecular flexibility index (Phi) is 4.46. The van der Waals surface area contributed by atoms with Crippen LogP contribution in [0.4, 0.5) is 5.13 Å². The van der Waals surface area contributed by atoms with Gasteiger partial charge in [-0.1, -0.05) is 25.2 Å². The Labute approximate surface area is 121 Å². The smallest absolute Gasteiger partial charge is 0.247 e. The Balaban J connectivity index is 1.98. The molecule has 0 aliphatic heterocycles. The number of nitrogens with two attached hydrogens (primary N) is 1. The summed E-state index contributed by atoms with van der Waals surface area (Å²) in [5.74, 6) is 0.189. The molecule has 2 heterocycles. The maximum absolute atomic E-state index is 12.0. The zero-order valence-electron chi connectivity index (χ0n) is 11.7. The van der Waals surface area contributed by atoms with Crippen LogP contribution in [0.1, 0.15) is 30.5 Å². The summed E-state index contributed by atoms with van der Waals surface area (Å²) in [6, 6.07) is -0.763. The molecule has 0 saturated carbocycles. The van der Waals surface area contributed by atoms with Crippen molar-refractivity contribution >= 4 is 22.4 Å². The summed E-state index contributed by atoms with van der Waals surface area (Å²) in [7, 11) is 1.77. The Morgan fingerprint density at radius 1 is 1.50 bits per heavy atom. The largest absolute Gasteiger partial charge is 0.316 e. The molecule has 2 aromatic rings. The van der Waals surface area contributed by atoms with Crippen LogP contribution in [0.25, 0.3) is 0 Å². The monoisotopic (exact) mass is 294 g/mol. The van der Waals surface area contributed by atoms with Crippen molar-refractivity contribution in [2.75, 3.05) is 5.32 Å². The molecule has 1 unspecified atom stereocenters. The van der Waals surface area contributed by atoms with Crippen LogP contribution in [-0.2, 0) is 18.3 Å². The zero-order chi connectivity index (χ0) is 14.7. The van der Waals surface area contributed by atoms with E-state index in [0.717, 1.165) is 11.4 Å². The highest BCUT2D eigenvalue weighted by Crippen LogP contribution is 2.19. The SMILES string of the molecule is CC(C)Cc1nnc(NC(=O)C(N)c2cnn(C)c2)s1. The van der Waals surface area contributed by atoms with Crippen molar-refractivity contribution in [1.29, 1.82) is 0 Å². The Morgan fingerprint density at radius 2 is 2.25 bits per heavy atom. The van der Waals surface area contributed by atoms with Crippen LogP contribution in [0.3, 0.4) is 0 Å².